The Morgan fingerprint density at radius 2 is 1.96 bits per heavy atom. The van der Waals surface area contributed by atoms with E-state index in [-0.39, 0.29) is 5.97 Å². The summed E-state index contributed by atoms with van der Waals surface area (Å²) in [6.45, 7) is 4.05. The summed E-state index contributed by atoms with van der Waals surface area (Å²) in [5, 5.41) is 0.632. The van der Waals surface area contributed by atoms with E-state index in [4.69, 9.17) is 21.1 Å². The molecule has 0 saturated carbocycles. The van der Waals surface area contributed by atoms with Crippen molar-refractivity contribution < 1.29 is 14.3 Å². The van der Waals surface area contributed by atoms with Crippen molar-refractivity contribution in [2.24, 2.45) is 0 Å². The minimum Gasteiger partial charge on any atom is -0.488 e. The molecular formula is C20H14BrClO3. The number of hydrogen-bond donors (Lipinski definition) is 0. The van der Waals surface area contributed by atoms with Crippen LogP contribution in [0.1, 0.15) is 11.1 Å². The topological polar surface area (TPSA) is 35.5 Å². The van der Waals surface area contributed by atoms with E-state index in [0.717, 1.165) is 15.6 Å². The predicted molar refractivity (Wildman–Crippen MR) is 103 cm³/mol. The Hall–Kier alpha value is -2.30. The van der Waals surface area contributed by atoms with Gasteiger partial charge in [-0.3, -0.25) is 0 Å². The van der Waals surface area contributed by atoms with Crippen molar-refractivity contribution in [2.75, 3.05) is 6.61 Å². The summed E-state index contributed by atoms with van der Waals surface area (Å²) >= 11 is 9.35. The lowest BCUT2D eigenvalue weighted by molar-refractivity contribution is -0.130. The fourth-order valence-corrected chi connectivity index (χ4v) is 2.93. The highest BCUT2D eigenvalue weighted by Crippen LogP contribution is 2.30. The molecule has 0 saturated heterocycles. The summed E-state index contributed by atoms with van der Waals surface area (Å²) in [6.07, 6.45) is 5.18. The third-order valence-corrected chi connectivity index (χ3v) is 4.36. The molecule has 1 aliphatic rings. The first-order chi connectivity index (χ1) is 12.1. The first-order valence-electron chi connectivity index (χ1n) is 7.51. The van der Waals surface area contributed by atoms with Gasteiger partial charge in [-0.05, 0) is 70.0 Å². The van der Waals surface area contributed by atoms with E-state index >= 15 is 0 Å². The van der Waals surface area contributed by atoms with Crippen LogP contribution in [-0.4, -0.2) is 12.6 Å². The van der Waals surface area contributed by atoms with E-state index in [2.05, 4.69) is 22.5 Å². The van der Waals surface area contributed by atoms with Gasteiger partial charge in [0, 0.05) is 10.6 Å². The van der Waals surface area contributed by atoms with Crippen LogP contribution in [0.5, 0.6) is 5.75 Å². The van der Waals surface area contributed by atoms with Crippen molar-refractivity contribution in [1.82, 2.24) is 0 Å². The van der Waals surface area contributed by atoms with Crippen LogP contribution in [0.2, 0.25) is 5.02 Å². The molecule has 126 valence electrons. The van der Waals surface area contributed by atoms with E-state index in [0.29, 0.717) is 28.7 Å². The van der Waals surface area contributed by atoms with Gasteiger partial charge in [-0.2, -0.15) is 0 Å². The normalized spacial score (nSPS) is 15.0. The third-order valence-electron chi connectivity index (χ3n) is 3.49. The Morgan fingerprint density at radius 1 is 1.20 bits per heavy atom. The van der Waals surface area contributed by atoms with Gasteiger partial charge in [-0.15, -0.1) is 0 Å². The molecule has 0 aliphatic carbocycles. The van der Waals surface area contributed by atoms with Crippen molar-refractivity contribution in [3.8, 4) is 5.75 Å². The number of esters is 1. The molecule has 0 spiro atoms. The molecule has 0 atom stereocenters. The summed E-state index contributed by atoms with van der Waals surface area (Å²) in [5.74, 6) is 0.847. The predicted octanol–water partition coefficient (Wildman–Crippen LogP) is 5.65. The van der Waals surface area contributed by atoms with Crippen molar-refractivity contribution in [2.45, 2.75) is 0 Å². The van der Waals surface area contributed by atoms with Gasteiger partial charge in [0.15, 0.2) is 0 Å². The molecule has 5 heteroatoms. The summed E-state index contributed by atoms with van der Waals surface area (Å²) < 4.78 is 11.7. The fourth-order valence-electron chi connectivity index (χ4n) is 2.30. The summed E-state index contributed by atoms with van der Waals surface area (Å²) in [6, 6.07) is 12.7. The van der Waals surface area contributed by atoms with Gasteiger partial charge in [0.05, 0.1) is 10.0 Å². The molecule has 1 heterocycles. The minimum atomic E-state index is -0.381. The zero-order valence-corrected chi connectivity index (χ0v) is 15.5. The van der Waals surface area contributed by atoms with Gasteiger partial charge >= 0.3 is 5.97 Å². The second-order valence-corrected chi connectivity index (χ2v) is 6.58. The number of rotatable bonds is 5. The highest BCUT2D eigenvalue weighted by atomic mass is 79.9. The van der Waals surface area contributed by atoms with Gasteiger partial charge in [0.2, 0.25) is 0 Å². The van der Waals surface area contributed by atoms with Gasteiger partial charge in [0.25, 0.3) is 0 Å². The maximum Gasteiger partial charge on any atom is 0.343 e. The zero-order chi connectivity index (χ0) is 17.8. The van der Waals surface area contributed by atoms with E-state index in [9.17, 15) is 4.79 Å². The number of benzene rings is 2. The standard InChI is InChI=1S/C20H14BrClO3/c1-2-9-24-18-8-3-13(11-17(18)21)10-15-12-19(25-20(15)23)14-4-6-16(22)7-5-14/h2-8,10-12H,1,9H2/b15-10+. The SMILES string of the molecule is C=CCOc1ccc(/C=C2\C=C(c3ccc(Cl)cc3)OC2=O)cc1Br. The molecule has 0 aromatic heterocycles. The van der Waals surface area contributed by atoms with Crippen LogP contribution in [0, 0.1) is 0 Å². The van der Waals surface area contributed by atoms with Crippen LogP contribution in [-0.2, 0) is 9.53 Å². The number of carbonyl (C=O) groups is 1. The first kappa shape index (κ1) is 17.5. The molecule has 2 aromatic rings. The Labute approximate surface area is 159 Å². The molecule has 0 N–H and O–H groups in total. The minimum absolute atomic E-state index is 0.381. The quantitative estimate of drug-likeness (QED) is 0.358. The molecule has 2 aromatic carbocycles. The molecule has 0 fully saturated rings. The number of carbonyl (C=O) groups excluding carboxylic acids is 1. The molecule has 1 aliphatic heterocycles. The van der Waals surface area contributed by atoms with Crippen molar-refractivity contribution in [1.29, 1.82) is 0 Å². The van der Waals surface area contributed by atoms with Crippen LogP contribution >= 0.6 is 27.5 Å². The lowest BCUT2D eigenvalue weighted by atomic mass is 10.1. The first-order valence-corrected chi connectivity index (χ1v) is 8.68. The summed E-state index contributed by atoms with van der Waals surface area (Å²) in [7, 11) is 0. The van der Waals surface area contributed by atoms with Gasteiger partial charge in [-0.1, -0.05) is 30.3 Å². The smallest absolute Gasteiger partial charge is 0.343 e. The Bertz CT molecular complexity index is 882. The molecule has 25 heavy (non-hydrogen) atoms. The van der Waals surface area contributed by atoms with Crippen molar-refractivity contribution >= 4 is 45.3 Å². The number of halogens is 2. The Balaban J connectivity index is 1.85. The van der Waals surface area contributed by atoms with Crippen LogP contribution in [0.4, 0.5) is 0 Å². The summed E-state index contributed by atoms with van der Waals surface area (Å²) in [4.78, 5) is 12.1. The second kappa shape index (κ2) is 7.72. The average Bonchev–Trinajstić information content (AvgIpc) is 2.95. The monoisotopic (exact) mass is 416 g/mol. The average molecular weight is 418 g/mol. The van der Waals surface area contributed by atoms with E-state index in [1.165, 1.54) is 0 Å². The lowest BCUT2D eigenvalue weighted by Crippen LogP contribution is -1.97. The lowest BCUT2D eigenvalue weighted by Gasteiger charge is -2.06. The number of hydrogen-bond acceptors (Lipinski definition) is 3. The van der Waals surface area contributed by atoms with E-state index < -0.39 is 0 Å². The molecule has 0 amide bonds. The molecular weight excluding hydrogens is 404 g/mol. The van der Waals surface area contributed by atoms with Crippen molar-refractivity contribution in [3.63, 3.8) is 0 Å². The highest BCUT2D eigenvalue weighted by molar-refractivity contribution is 9.10. The zero-order valence-electron chi connectivity index (χ0n) is 13.2. The van der Waals surface area contributed by atoms with Crippen LogP contribution in [0.25, 0.3) is 11.8 Å². The molecule has 0 unspecified atom stereocenters. The third kappa shape index (κ3) is 4.21. The second-order valence-electron chi connectivity index (χ2n) is 5.29. The van der Waals surface area contributed by atoms with E-state index in [1.807, 2.05) is 30.3 Å². The Kier molecular flexibility index (Phi) is 5.41. The van der Waals surface area contributed by atoms with Gasteiger partial charge < -0.3 is 9.47 Å². The largest absolute Gasteiger partial charge is 0.488 e. The number of cyclic esters (lactones) is 1. The van der Waals surface area contributed by atoms with Gasteiger partial charge in [-0.25, -0.2) is 4.79 Å². The Morgan fingerprint density at radius 3 is 2.64 bits per heavy atom. The van der Waals surface area contributed by atoms with E-state index in [1.54, 1.807) is 30.4 Å². The maximum absolute atomic E-state index is 12.1. The number of ether oxygens (including phenoxy) is 2. The summed E-state index contributed by atoms with van der Waals surface area (Å²) in [5.41, 5.74) is 2.14. The van der Waals surface area contributed by atoms with Crippen LogP contribution in [0.15, 0.2) is 71.2 Å². The van der Waals surface area contributed by atoms with Gasteiger partial charge in [0.1, 0.15) is 18.1 Å². The van der Waals surface area contributed by atoms with Crippen molar-refractivity contribution in [3.05, 3.63) is 87.4 Å². The molecule has 3 nitrogen and oxygen atoms in total. The van der Waals surface area contributed by atoms with Crippen LogP contribution in [0.3, 0.4) is 0 Å². The highest BCUT2D eigenvalue weighted by Gasteiger charge is 2.22. The van der Waals surface area contributed by atoms with Crippen LogP contribution < -0.4 is 4.74 Å². The molecule has 3 rings (SSSR count). The fraction of sp³-hybridized carbons (Fsp3) is 0.0500. The molecule has 0 radical (unpaired) electrons. The maximum atomic E-state index is 12.1. The molecule has 0 bridgehead atoms.